The molecule has 1 aliphatic rings. The number of fused-ring (bicyclic) bond motifs is 2. The van der Waals surface area contributed by atoms with Gasteiger partial charge in [0, 0.05) is 43.5 Å². The third-order valence-corrected chi connectivity index (χ3v) is 6.89. The average Bonchev–Trinajstić information content (AvgIpc) is 2.93. The van der Waals surface area contributed by atoms with Crippen molar-refractivity contribution in [2.45, 2.75) is 58.7 Å². The van der Waals surface area contributed by atoms with Gasteiger partial charge in [-0.05, 0) is 68.7 Å². The highest BCUT2D eigenvalue weighted by Gasteiger charge is 2.34. The molecule has 0 saturated heterocycles. The lowest BCUT2D eigenvalue weighted by molar-refractivity contribution is -0.122. The topological polar surface area (TPSA) is 127 Å². The monoisotopic (exact) mass is 555 g/mol. The van der Waals surface area contributed by atoms with Gasteiger partial charge in [0.2, 0.25) is 5.91 Å². The number of hydrogen-bond acceptors (Lipinski definition) is 8. The van der Waals surface area contributed by atoms with E-state index in [9.17, 15) is 14.4 Å². The molecule has 0 radical (unpaired) electrons. The molecule has 10 nitrogen and oxygen atoms in total. The smallest absolute Gasteiger partial charge is 0.412 e. The molecule has 41 heavy (non-hydrogen) atoms. The summed E-state index contributed by atoms with van der Waals surface area (Å²) in [5.41, 5.74) is 3.03. The summed E-state index contributed by atoms with van der Waals surface area (Å²) >= 11 is 0. The van der Waals surface area contributed by atoms with Crippen molar-refractivity contribution in [1.82, 2.24) is 15.3 Å². The molecule has 0 bridgehead atoms. The van der Waals surface area contributed by atoms with Gasteiger partial charge in [0.15, 0.2) is 0 Å². The molecule has 0 unspecified atom stereocenters. The fourth-order valence-electron chi connectivity index (χ4n) is 4.92. The average molecular weight is 556 g/mol. The molecule has 212 valence electrons. The molecule has 0 aliphatic carbocycles. The lowest BCUT2D eigenvalue weighted by Gasteiger charge is -2.35. The number of aromatic nitrogens is 2. The Labute approximate surface area is 237 Å². The third-order valence-electron chi connectivity index (χ3n) is 6.89. The van der Waals surface area contributed by atoms with E-state index in [1.807, 2.05) is 42.5 Å². The Morgan fingerprint density at radius 3 is 2.56 bits per heavy atom. The summed E-state index contributed by atoms with van der Waals surface area (Å²) in [5, 5.41) is 5.95. The van der Waals surface area contributed by atoms with Crippen LogP contribution >= 0.6 is 0 Å². The number of benzene rings is 2. The number of aryl methyl sites for hydroxylation is 1. The first kappa shape index (κ1) is 27.8. The molecule has 2 aromatic carbocycles. The Hall–Kier alpha value is -4.73. The molecule has 2 amide bonds. The summed E-state index contributed by atoms with van der Waals surface area (Å²) in [6.07, 6.45) is 2.13. The molecule has 1 atom stereocenters. The van der Waals surface area contributed by atoms with Gasteiger partial charge in [-0.2, -0.15) is 4.98 Å². The Balaban J connectivity index is 1.43. The Morgan fingerprint density at radius 2 is 1.83 bits per heavy atom. The van der Waals surface area contributed by atoms with Crippen LogP contribution in [-0.2, 0) is 28.9 Å². The van der Waals surface area contributed by atoms with Crippen molar-refractivity contribution in [3.05, 3.63) is 93.6 Å². The molecule has 2 aromatic heterocycles. The lowest BCUT2D eigenvalue weighted by Crippen LogP contribution is -2.51. The van der Waals surface area contributed by atoms with Crippen LogP contribution in [0.4, 0.5) is 16.5 Å². The van der Waals surface area contributed by atoms with Gasteiger partial charge < -0.3 is 19.4 Å². The minimum atomic E-state index is -0.668. The van der Waals surface area contributed by atoms with Gasteiger partial charge in [0.1, 0.15) is 11.6 Å². The number of nitrogens with zero attached hydrogens (tertiary/aromatic N) is 3. The SMILES string of the molecule is Cc1c(NC(=O)OC(C)(C)C)ccc2nc(N3Cc4ccccc4C[C@H]3C(=O)NCCc3ccccn3)oc(=O)c12. The van der Waals surface area contributed by atoms with E-state index in [2.05, 4.69) is 20.6 Å². The van der Waals surface area contributed by atoms with Crippen molar-refractivity contribution in [2.24, 2.45) is 0 Å². The van der Waals surface area contributed by atoms with Crippen molar-refractivity contribution < 1.29 is 18.7 Å². The second kappa shape index (κ2) is 11.4. The second-order valence-electron chi connectivity index (χ2n) is 11.0. The molecule has 10 heteroatoms. The van der Waals surface area contributed by atoms with Crippen molar-refractivity contribution in [1.29, 1.82) is 0 Å². The molecule has 1 aliphatic heterocycles. The summed E-state index contributed by atoms with van der Waals surface area (Å²) in [4.78, 5) is 49.8. The standard InChI is InChI=1S/C31H33N5O5/c1-19-23(35-30(39)41-31(2,3)4)12-13-24-26(19)28(38)40-29(34-24)36-18-21-10-6-5-9-20(21)17-25(36)27(37)33-16-14-22-11-7-8-15-32-22/h5-13,15,25H,14,16-18H2,1-4H3,(H,33,37)(H,35,39)/t25-/m0/s1. The van der Waals surface area contributed by atoms with E-state index in [0.717, 1.165) is 16.8 Å². The van der Waals surface area contributed by atoms with Crippen molar-refractivity contribution in [3.63, 3.8) is 0 Å². The number of pyridine rings is 1. The van der Waals surface area contributed by atoms with Crippen LogP contribution in [-0.4, -0.2) is 40.2 Å². The molecule has 2 N–H and O–H groups in total. The largest absolute Gasteiger partial charge is 0.444 e. The molecule has 5 rings (SSSR count). The molecule has 0 saturated carbocycles. The summed E-state index contributed by atoms with van der Waals surface area (Å²) in [7, 11) is 0. The number of amides is 2. The lowest BCUT2D eigenvalue weighted by atomic mass is 9.93. The number of rotatable bonds is 6. The van der Waals surface area contributed by atoms with Crippen molar-refractivity contribution in [2.75, 3.05) is 16.8 Å². The van der Waals surface area contributed by atoms with Crippen LogP contribution in [0.25, 0.3) is 10.9 Å². The highest BCUT2D eigenvalue weighted by atomic mass is 16.6. The van der Waals surface area contributed by atoms with Crippen molar-refractivity contribution >= 4 is 34.6 Å². The molecular formula is C31H33N5O5. The molecule has 4 aromatic rings. The number of nitrogens with one attached hydrogen (secondary N) is 2. The zero-order valence-corrected chi connectivity index (χ0v) is 23.6. The van der Waals surface area contributed by atoms with Gasteiger partial charge >= 0.3 is 17.7 Å². The van der Waals surface area contributed by atoms with Crippen LogP contribution < -0.4 is 21.2 Å². The van der Waals surface area contributed by atoms with E-state index >= 15 is 0 Å². The highest BCUT2D eigenvalue weighted by molar-refractivity contribution is 5.93. The number of carbonyl (C=O) groups excluding carboxylic acids is 2. The van der Waals surface area contributed by atoms with Gasteiger partial charge in [-0.25, -0.2) is 9.59 Å². The Bertz CT molecular complexity index is 1640. The Morgan fingerprint density at radius 1 is 1.07 bits per heavy atom. The number of ether oxygens (including phenoxy) is 1. The summed E-state index contributed by atoms with van der Waals surface area (Å²) in [6.45, 7) is 7.80. The zero-order valence-electron chi connectivity index (χ0n) is 23.6. The predicted molar refractivity (Wildman–Crippen MR) is 156 cm³/mol. The van der Waals surface area contributed by atoms with Crippen LogP contribution in [0, 0.1) is 6.92 Å². The number of carbonyl (C=O) groups is 2. The Kier molecular flexibility index (Phi) is 7.74. The summed E-state index contributed by atoms with van der Waals surface area (Å²) in [5.74, 6) is -0.187. The maximum absolute atomic E-state index is 13.5. The molecule has 0 fully saturated rings. The highest BCUT2D eigenvalue weighted by Crippen LogP contribution is 2.30. The van der Waals surface area contributed by atoms with Crippen LogP contribution in [0.1, 0.15) is 43.2 Å². The maximum atomic E-state index is 13.5. The first-order chi connectivity index (χ1) is 19.6. The third kappa shape index (κ3) is 6.37. The fourth-order valence-corrected chi connectivity index (χ4v) is 4.92. The quantitative estimate of drug-likeness (QED) is 0.355. The molecule has 3 heterocycles. The molecular weight excluding hydrogens is 522 g/mol. The van der Waals surface area contributed by atoms with Crippen molar-refractivity contribution in [3.8, 4) is 0 Å². The van der Waals surface area contributed by atoms with Crippen LogP contribution in [0.5, 0.6) is 0 Å². The van der Waals surface area contributed by atoms with E-state index in [0.29, 0.717) is 42.7 Å². The summed E-state index contributed by atoms with van der Waals surface area (Å²) in [6, 6.07) is 16.3. The second-order valence-corrected chi connectivity index (χ2v) is 11.0. The number of anilines is 2. The van der Waals surface area contributed by atoms with Crippen LogP contribution in [0.2, 0.25) is 0 Å². The van der Waals surface area contributed by atoms with E-state index < -0.39 is 23.4 Å². The van der Waals surface area contributed by atoms with Gasteiger partial charge in [0.25, 0.3) is 0 Å². The van der Waals surface area contributed by atoms with Gasteiger partial charge in [-0.15, -0.1) is 0 Å². The minimum Gasteiger partial charge on any atom is -0.444 e. The fraction of sp³-hybridized carbons (Fsp3) is 0.323. The predicted octanol–water partition coefficient (Wildman–Crippen LogP) is 4.53. The van der Waals surface area contributed by atoms with E-state index in [4.69, 9.17) is 9.15 Å². The van der Waals surface area contributed by atoms with E-state index in [-0.39, 0.29) is 17.3 Å². The van der Waals surface area contributed by atoms with Crippen LogP contribution in [0.15, 0.2) is 70.0 Å². The zero-order chi connectivity index (χ0) is 29.1. The number of hydrogen-bond donors (Lipinski definition) is 2. The summed E-state index contributed by atoms with van der Waals surface area (Å²) < 4.78 is 11.1. The van der Waals surface area contributed by atoms with E-state index in [1.54, 1.807) is 50.9 Å². The van der Waals surface area contributed by atoms with Gasteiger partial charge in [-0.1, -0.05) is 30.3 Å². The first-order valence-corrected chi connectivity index (χ1v) is 13.5. The van der Waals surface area contributed by atoms with E-state index in [1.165, 1.54) is 0 Å². The van der Waals surface area contributed by atoms with Gasteiger partial charge in [-0.3, -0.25) is 15.1 Å². The van der Waals surface area contributed by atoms with Gasteiger partial charge in [0.05, 0.1) is 10.9 Å². The molecule has 0 spiro atoms. The first-order valence-electron chi connectivity index (χ1n) is 13.5. The minimum absolute atomic E-state index is 0.0640. The maximum Gasteiger partial charge on any atom is 0.412 e. The van der Waals surface area contributed by atoms with Crippen LogP contribution in [0.3, 0.4) is 0 Å². The normalized spacial score (nSPS) is 14.8.